The Morgan fingerprint density at radius 2 is 1.88 bits per heavy atom. The van der Waals surface area contributed by atoms with Gasteiger partial charge in [0.1, 0.15) is 11.9 Å². The molecule has 3 unspecified atom stereocenters. The predicted octanol–water partition coefficient (Wildman–Crippen LogP) is 4.07. The highest BCUT2D eigenvalue weighted by atomic mass is 16.5. The number of Topliss-reactive ketones (excluding diaryl/α,β-unsaturated/α-hetero) is 1. The van der Waals surface area contributed by atoms with E-state index in [9.17, 15) is 9.59 Å². The standard InChI is InChI=1S/C27H44N2O3/c1-7-25(5)16-22(32-23(31)17-29-14-12-28-13-15-29)26(6)18(2)8-10-27(20(4)19(25)3)11-9-21(30)24(26)27/h7,18-20,22,24,28H,1,8-17H2,2-6H3/t18?,19-,20-,22+,24?,25+,26-,27?/m0/s1. The van der Waals surface area contributed by atoms with Crippen LogP contribution < -0.4 is 5.32 Å². The summed E-state index contributed by atoms with van der Waals surface area (Å²) in [6.45, 7) is 19.7. The van der Waals surface area contributed by atoms with Gasteiger partial charge in [-0.25, -0.2) is 0 Å². The molecule has 180 valence electrons. The molecule has 1 saturated heterocycles. The van der Waals surface area contributed by atoms with Crippen LogP contribution in [0.2, 0.25) is 0 Å². The van der Waals surface area contributed by atoms with E-state index in [1.807, 2.05) is 0 Å². The third-order valence-corrected chi connectivity index (χ3v) is 10.8. The Labute approximate surface area is 194 Å². The first-order valence-corrected chi connectivity index (χ1v) is 12.9. The van der Waals surface area contributed by atoms with Crippen molar-refractivity contribution in [1.29, 1.82) is 0 Å². The van der Waals surface area contributed by atoms with Gasteiger partial charge in [0.05, 0.1) is 6.54 Å². The Balaban J connectivity index is 1.72. The van der Waals surface area contributed by atoms with E-state index in [0.717, 1.165) is 51.9 Å². The van der Waals surface area contributed by atoms with Crippen molar-refractivity contribution in [3.05, 3.63) is 12.7 Å². The number of ketones is 1. The Bertz CT molecular complexity index is 762. The number of nitrogens with one attached hydrogen (secondary N) is 1. The van der Waals surface area contributed by atoms with Crippen molar-refractivity contribution in [2.75, 3.05) is 32.7 Å². The number of carbonyl (C=O) groups excluding carboxylic acids is 2. The SMILES string of the molecule is C=C[C@]1(C)C[C@@H](OC(=O)CN2CCNCC2)[C@]2(C)C(C)CCC3(CCC(=O)C32)[C@@H](C)[C@@H]1C. The molecule has 5 heteroatoms. The van der Waals surface area contributed by atoms with Crippen LogP contribution in [0.5, 0.6) is 0 Å². The molecule has 0 aromatic carbocycles. The van der Waals surface area contributed by atoms with Crippen LogP contribution in [0, 0.1) is 39.9 Å². The Hall–Kier alpha value is -1.20. The molecule has 32 heavy (non-hydrogen) atoms. The number of allylic oxidation sites excluding steroid dienone is 1. The van der Waals surface area contributed by atoms with Crippen LogP contribution in [0.15, 0.2) is 12.7 Å². The van der Waals surface area contributed by atoms with E-state index in [2.05, 4.69) is 57.5 Å². The van der Waals surface area contributed by atoms with Gasteiger partial charge in [-0.3, -0.25) is 14.5 Å². The van der Waals surface area contributed by atoms with Crippen LogP contribution in [-0.4, -0.2) is 55.5 Å². The summed E-state index contributed by atoms with van der Waals surface area (Å²) in [5.74, 6) is 1.41. The van der Waals surface area contributed by atoms with Crippen molar-refractivity contribution >= 4 is 11.8 Å². The summed E-state index contributed by atoms with van der Waals surface area (Å²) >= 11 is 0. The van der Waals surface area contributed by atoms with Crippen LogP contribution in [0.3, 0.4) is 0 Å². The fourth-order valence-corrected chi connectivity index (χ4v) is 8.06. The summed E-state index contributed by atoms with van der Waals surface area (Å²) in [5, 5.41) is 3.34. The third kappa shape index (κ3) is 3.58. The molecule has 1 aliphatic heterocycles. The highest BCUT2D eigenvalue weighted by Crippen LogP contribution is 2.68. The second kappa shape index (κ2) is 8.54. The number of carbonyl (C=O) groups is 2. The summed E-state index contributed by atoms with van der Waals surface area (Å²) in [6.07, 6.45) is 6.46. The zero-order valence-corrected chi connectivity index (χ0v) is 20.9. The fraction of sp³-hybridized carbons (Fsp3) is 0.852. The number of hydrogen-bond donors (Lipinski definition) is 1. The van der Waals surface area contributed by atoms with Gasteiger partial charge in [0.15, 0.2) is 0 Å². The molecule has 0 radical (unpaired) electrons. The van der Waals surface area contributed by atoms with E-state index in [1.165, 1.54) is 0 Å². The molecular weight excluding hydrogens is 400 g/mol. The third-order valence-electron chi connectivity index (χ3n) is 10.8. The molecule has 0 amide bonds. The lowest BCUT2D eigenvalue weighted by Crippen LogP contribution is -2.61. The van der Waals surface area contributed by atoms with Crippen molar-refractivity contribution in [3.63, 3.8) is 0 Å². The number of esters is 1. The molecule has 4 rings (SSSR count). The monoisotopic (exact) mass is 444 g/mol. The maximum atomic E-state index is 13.5. The Morgan fingerprint density at radius 1 is 1.19 bits per heavy atom. The normalized spacial score (nSPS) is 47.3. The maximum absolute atomic E-state index is 13.5. The Morgan fingerprint density at radius 3 is 2.53 bits per heavy atom. The predicted molar refractivity (Wildman–Crippen MR) is 127 cm³/mol. The zero-order valence-electron chi connectivity index (χ0n) is 20.9. The first kappa shape index (κ1) is 23.9. The van der Waals surface area contributed by atoms with Gasteiger partial charge < -0.3 is 10.1 Å². The Kier molecular flexibility index (Phi) is 6.39. The summed E-state index contributed by atoms with van der Waals surface area (Å²) in [5.41, 5.74) is -0.448. The number of rotatable bonds is 4. The van der Waals surface area contributed by atoms with E-state index in [-0.39, 0.29) is 34.2 Å². The first-order valence-electron chi connectivity index (χ1n) is 12.9. The lowest BCUT2D eigenvalue weighted by molar-refractivity contribution is -0.198. The van der Waals surface area contributed by atoms with Gasteiger partial charge in [-0.05, 0) is 54.3 Å². The first-order chi connectivity index (χ1) is 15.1. The van der Waals surface area contributed by atoms with Gasteiger partial charge in [-0.15, -0.1) is 6.58 Å². The van der Waals surface area contributed by atoms with Crippen molar-refractivity contribution in [2.45, 2.75) is 72.8 Å². The molecule has 1 N–H and O–H groups in total. The van der Waals surface area contributed by atoms with Gasteiger partial charge in [0.2, 0.25) is 0 Å². The average molecular weight is 445 g/mol. The smallest absolute Gasteiger partial charge is 0.320 e. The van der Waals surface area contributed by atoms with Crippen molar-refractivity contribution in [1.82, 2.24) is 10.2 Å². The molecule has 3 saturated carbocycles. The molecule has 4 aliphatic rings. The molecule has 8 atom stereocenters. The molecule has 0 aromatic rings. The van der Waals surface area contributed by atoms with Crippen LogP contribution in [-0.2, 0) is 14.3 Å². The minimum Gasteiger partial charge on any atom is -0.461 e. The lowest BCUT2D eigenvalue weighted by atomic mass is 9.42. The summed E-state index contributed by atoms with van der Waals surface area (Å²) < 4.78 is 6.42. The van der Waals surface area contributed by atoms with Gasteiger partial charge in [-0.2, -0.15) is 0 Å². The molecular formula is C27H44N2O3. The van der Waals surface area contributed by atoms with E-state index < -0.39 is 0 Å². The van der Waals surface area contributed by atoms with Crippen LogP contribution in [0.1, 0.15) is 66.7 Å². The average Bonchev–Trinajstić information content (AvgIpc) is 3.13. The van der Waals surface area contributed by atoms with Gasteiger partial charge in [0, 0.05) is 43.9 Å². The molecule has 1 heterocycles. The quantitative estimate of drug-likeness (QED) is 0.523. The minimum absolute atomic E-state index is 0.0115. The molecule has 0 spiro atoms. The molecule has 4 fully saturated rings. The number of ether oxygens (including phenoxy) is 1. The molecule has 0 aromatic heterocycles. The highest BCUT2D eigenvalue weighted by Gasteiger charge is 2.67. The second-order valence-corrected chi connectivity index (χ2v) is 11.9. The van der Waals surface area contributed by atoms with Crippen molar-refractivity contribution < 1.29 is 14.3 Å². The number of piperazine rings is 1. The summed E-state index contributed by atoms with van der Waals surface area (Å²) in [7, 11) is 0. The van der Waals surface area contributed by atoms with Crippen molar-refractivity contribution in [2.24, 2.45) is 39.9 Å². The fourth-order valence-electron chi connectivity index (χ4n) is 8.06. The molecule has 3 aliphatic carbocycles. The second-order valence-electron chi connectivity index (χ2n) is 11.9. The van der Waals surface area contributed by atoms with E-state index in [0.29, 0.717) is 36.5 Å². The topological polar surface area (TPSA) is 58.6 Å². The highest BCUT2D eigenvalue weighted by molar-refractivity contribution is 5.85. The maximum Gasteiger partial charge on any atom is 0.320 e. The van der Waals surface area contributed by atoms with Crippen LogP contribution in [0.25, 0.3) is 0 Å². The molecule has 2 bridgehead atoms. The number of hydrogen-bond acceptors (Lipinski definition) is 5. The zero-order chi connectivity index (χ0) is 23.3. The van der Waals surface area contributed by atoms with Crippen molar-refractivity contribution in [3.8, 4) is 0 Å². The van der Waals surface area contributed by atoms with E-state index in [1.54, 1.807) is 0 Å². The van der Waals surface area contributed by atoms with Crippen LogP contribution in [0.4, 0.5) is 0 Å². The van der Waals surface area contributed by atoms with Gasteiger partial charge in [0.25, 0.3) is 0 Å². The van der Waals surface area contributed by atoms with E-state index >= 15 is 0 Å². The number of nitrogens with zero attached hydrogens (tertiary/aromatic N) is 1. The van der Waals surface area contributed by atoms with E-state index in [4.69, 9.17) is 4.74 Å². The lowest BCUT2D eigenvalue weighted by Gasteiger charge is -2.62. The minimum atomic E-state index is -0.330. The summed E-state index contributed by atoms with van der Waals surface area (Å²) in [6, 6.07) is 0. The van der Waals surface area contributed by atoms with Gasteiger partial charge in [-0.1, -0.05) is 40.7 Å². The summed E-state index contributed by atoms with van der Waals surface area (Å²) in [4.78, 5) is 28.9. The largest absolute Gasteiger partial charge is 0.461 e. The van der Waals surface area contributed by atoms with Gasteiger partial charge >= 0.3 is 5.97 Å². The molecule has 5 nitrogen and oxygen atoms in total. The van der Waals surface area contributed by atoms with Crippen LogP contribution >= 0.6 is 0 Å².